The van der Waals surface area contributed by atoms with Crippen molar-refractivity contribution in [1.82, 2.24) is 15.3 Å². The first-order valence-electron chi connectivity index (χ1n) is 7.30. The number of aromatic amines is 1. The van der Waals surface area contributed by atoms with Crippen LogP contribution in [0.2, 0.25) is 0 Å². The lowest BCUT2D eigenvalue weighted by molar-refractivity contribution is -0.119. The molecule has 2 aromatic heterocycles. The van der Waals surface area contributed by atoms with E-state index in [-0.39, 0.29) is 5.91 Å². The van der Waals surface area contributed by atoms with Gasteiger partial charge in [0.25, 0.3) is 0 Å². The molecule has 0 atom stereocenters. The molecule has 0 spiro atoms. The highest BCUT2D eigenvalue weighted by atomic mass is 16.1. The number of nitrogens with one attached hydrogen (secondary N) is 2. The Balaban J connectivity index is 2.07. The van der Waals surface area contributed by atoms with Gasteiger partial charge in [0.2, 0.25) is 5.91 Å². The van der Waals surface area contributed by atoms with Crippen LogP contribution in [0.5, 0.6) is 0 Å². The first kappa shape index (κ1) is 14.8. The molecule has 3 aromatic rings. The normalized spacial score (nSPS) is 10.5. The average Bonchev–Trinajstić information content (AvgIpc) is 3.03. The van der Waals surface area contributed by atoms with Crippen molar-refractivity contribution in [2.24, 2.45) is 0 Å². The molecule has 2 N–H and O–H groups in total. The Morgan fingerprint density at radius 1 is 1.35 bits per heavy atom. The fourth-order valence-electron chi connectivity index (χ4n) is 2.59. The van der Waals surface area contributed by atoms with E-state index in [0.29, 0.717) is 12.1 Å². The SMILES string of the molecule is CNC(=O)Cc1ccc2c(C)cc(-c3c[nH]c(C#N)c3)nc2c1. The van der Waals surface area contributed by atoms with Crippen molar-refractivity contribution in [3.8, 4) is 17.3 Å². The summed E-state index contributed by atoms with van der Waals surface area (Å²) in [6, 6.07) is 11.8. The molecule has 0 saturated heterocycles. The van der Waals surface area contributed by atoms with Gasteiger partial charge in [0.15, 0.2) is 0 Å². The number of fused-ring (bicyclic) bond motifs is 1. The number of H-pyrrole nitrogens is 1. The molecule has 1 aromatic carbocycles. The lowest BCUT2D eigenvalue weighted by Gasteiger charge is -2.07. The van der Waals surface area contributed by atoms with Gasteiger partial charge in [0.1, 0.15) is 11.8 Å². The molecule has 5 heteroatoms. The number of nitriles is 1. The zero-order chi connectivity index (χ0) is 16.4. The topological polar surface area (TPSA) is 81.6 Å². The number of aromatic nitrogens is 2. The molecular formula is C18H16N4O. The van der Waals surface area contributed by atoms with Gasteiger partial charge in [0.05, 0.1) is 17.6 Å². The largest absolute Gasteiger partial charge is 0.359 e. The second-order valence-corrected chi connectivity index (χ2v) is 5.44. The Bertz CT molecular complexity index is 934. The van der Waals surface area contributed by atoms with Crippen LogP contribution in [0.15, 0.2) is 36.5 Å². The number of hydrogen-bond acceptors (Lipinski definition) is 3. The van der Waals surface area contributed by atoms with E-state index in [9.17, 15) is 4.79 Å². The minimum absolute atomic E-state index is 0.0264. The van der Waals surface area contributed by atoms with Gasteiger partial charge in [0, 0.05) is 24.2 Å². The number of pyridine rings is 1. The van der Waals surface area contributed by atoms with Crippen LogP contribution in [0, 0.1) is 18.3 Å². The molecule has 0 radical (unpaired) electrons. The third-order valence-electron chi connectivity index (χ3n) is 3.82. The number of nitrogens with zero attached hydrogens (tertiary/aromatic N) is 2. The lowest BCUT2D eigenvalue weighted by atomic mass is 10.0. The lowest BCUT2D eigenvalue weighted by Crippen LogP contribution is -2.19. The Kier molecular flexibility index (Phi) is 3.82. The van der Waals surface area contributed by atoms with Gasteiger partial charge in [-0.3, -0.25) is 4.79 Å². The summed E-state index contributed by atoms with van der Waals surface area (Å²) < 4.78 is 0. The van der Waals surface area contributed by atoms with Crippen molar-refractivity contribution in [2.45, 2.75) is 13.3 Å². The number of carbonyl (C=O) groups excluding carboxylic acids is 1. The van der Waals surface area contributed by atoms with Gasteiger partial charge in [-0.05, 0) is 36.2 Å². The number of rotatable bonds is 3. The Morgan fingerprint density at radius 3 is 2.87 bits per heavy atom. The highest BCUT2D eigenvalue weighted by Crippen LogP contribution is 2.25. The van der Waals surface area contributed by atoms with Crippen molar-refractivity contribution in [3.05, 3.63) is 53.3 Å². The summed E-state index contributed by atoms with van der Waals surface area (Å²) in [5.74, 6) is -0.0264. The van der Waals surface area contributed by atoms with Crippen molar-refractivity contribution in [3.63, 3.8) is 0 Å². The Hall–Kier alpha value is -3.13. The molecule has 3 rings (SSSR count). The average molecular weight is 304 g/mol. The van der Waals surface area contributed by atoms with E-state index in [0.717, 1.165) is 33.3 Å². The first-order valence-corrected chi connectivity index (χ1v) is 7.30. The zero-order valence-electron chi connectivity index (χ0n) is 13.0. The summed E-state index contributed by atoms with van der Waals surface area (Å²) >= 11 is 0. The van der Waals surface area contributed by atoms with Gasteiger partial charge in [-0.1, -0.05) is 12.1 Å². The summed E-state index contributed by atoms with van der Waals surface area (Å²) in [6.07, 6.45) is 2.11. The quantitative estimate of drug-likeness (QED) is 0.780. The smallest absolute Gasteiger partial charge is 0.224 e. The van der Waals surface area contributed by atoms with Crippen molar-refractivity contribution < 1.29 is 4.79 Å². The van der Waals surface area contributed by atoms with E-state index in [1.807, 2.05) is 31.2 Å². The molecule has 2 heterocycles. The molecule has 0 bridgehead atoms. The van der Waals surface area contributed by atoms with Crippen LogP contribution in [0.25, 0.3) is 22.2 Å². The maximum Gasteiger partial charge on any atom is 0.224 e. The minimum atomic E-state index is -0.0264. The van der Waals surface area contributed by atoms with Gasteiger partial charge >= 0.3 is 0 Å². The molecule has 0 unspecified atom stereocenters. The monoisotopic (exact) mass is 304 g/mol. The van der Waals surface area contributed by atoms with E-state index in [1.165, 1.54) is 0 Å². The van der Waals surface area contributed by atoms with Crippen LogP contribution < -0.4 is 5.32 Å². The first-order chi connectivity index (χ1) is 11.1. The van der Waals surface area contributed by atoms with E-state index >= 15 is 0 Å². The summed E-state index contributed by atoms with van der Waals surface area (Å²) in [5, 5.41) is 12.6. The molecule has 0 aliphatic carbocycles. The van der Waals surface area contributed by atoms with Gasteiger partial charge < -0.3 is 10.3 Å². The number of amides is 1. The Labute approximate surface area is 134 Å². The second-order valence-electron chi connectivity index (χ2n) is 5.44. The maximum absolute atomic E-state index is 11.5. The van der Waals surface area contributed by atoms with Gasteiger partial charge in [-0.15, -0.1) is 0 Å². The standard InChI is InChI=1S/C18H16N4O/c1-11-5-16(13-8-14(9-19)21-10-13)22-17-6-12(3-4-15(11)17)7-18(23)20-2/h3-6,8,10,21H,7H2,1-2H3,(H,20,23). The molecule has 5 nitrogen and oxygen atoms in total. The molecule has 23 heavy (non-hydrogen) atoms. The fourth-order valence-corrected chi connectivity index (χ4v) is 2.59. The number of likely N-dealkylation sites (N-methyl/N-ethyl adjacent to an activating group) is 1. The predicted molar refractivity (Wildman–Crippen MR) is 88.8 cm³/mol. The second kappa shape index (κ2) is 5.93. The maximum atomic E-state index is 11.5. The van der Waals surface area contributed by atoms with Crippen LogP contribution in [0.4, 0.5) is 0 Å². The van der Waals surface area contributed by atoms with E-state index in [1.54, 1.807) is 19.3 Å². The highest BCUT2D eigenvalue weighted by Gasteiger charge is 2.09. The predicted octanol–water partition coefficient (Wildman–Crippen LogP) is 2.70. The summed E-state index contributed by atoms with van der Waals surface area (Å²) in [6.45, 7) is 2.03. The number of hydrogen-bond donors (Lipinski definition) is 2. The molecule has 114 valence electrons. The van der Waals surface area contributed by atoms with Crippen LogP contribution in [-0.2, 0) is 11.2 Å². The van der Waals surface area contributed by atoms with Crippen molar-refractivity contribution in [2.75, 3.05) is 7.05 Å². The Morgan fingerprint density at radius 2 is 2.17 bits per heavy atom. The molecule has 0 fully saturated rings. The molecular weight excluding hydrogens is 288 g/mol. The summed E-state index contributed by atoms with van der Waals surface area (Å²) in [7, 11) is 1.63. The van der Waals surface area contributed by atoms with E-state index < -0.39 is 0 Å². The van der Waals surface area contributed by atoms with Gasteiger partial charge in [-0.25, -0.2) is 4.98 Å². The molecule has 0 saturated carbocycles. The van der Waals surface area contributed by atoms with Crippen molar-refractivity contribution >= 4 is 16.8 Å². The van der Waals surface area contributed by atoms with Gasteiger partial charge in [-0.2, -0.15) is 5.26 Å². The zero-order valence-corrected chi connectivity index (χ0v) is 13.0. The van der Waals surface area contributed by atoms with E-state index in [4.69, 9.17) is 5.26 Å². The van der Waals surface area contributed by atoms with Crippen molar-refractivity contribution in [1.29, 1.82) is 5.26 Å². The van der Waals surface area contributed by atoms with Crippen LogP contribution in [-0.4, -0.2) is 22.9 Å². The molecule has 1 amide bonds. The molecule has 0 aliphatic rings. The highest BCUT2D eigenvalue weighted by molar-refractivity contribution is 5.87. The van der Waals surface area contributed by atoms with Crippen LogP contribution in [0.3, 0.4) is 0 Å². The number of carbonyl (C=O) groups is 1. The van der Waals surface area contributed by atoms with Crippen LogP contribution in [0.1, 0.15) is 16.8 Å². The summed E-state index contributed by atoms with van der Waals surface area (Å²) in [4.78, 5) is 19.1. The van der Waals surface area contributed by atoms with E-state index in [2.05, 4.69) is 21.4 Å². The number of benzene rings is 1. The third kappa shape index (κ3) is 2.92. The molecule has 0 aliphatic heterocycles. The summed E-state index contributed by atoms with van der Waals surface area (Å²) in [5.41, 5.74) is 5.08. The van der Waals surface area contributed by atoms with Crippen LogP contribution >= 0.6 is 0 Å². The fraction of sp³-hybridized carbons (Fsp3) is 0.167. The number of aryl methyl sites for hydroxylation is 1. The third-order valence-corrected chi connectivity index (χ3v) is 3.82. The minimum Gasteiger partial charge on any atom is -0.359 e.